The Morgan fingerprint density at radius 1 is 1.48 bits per heavy atom. The molecule has 2 rings (SSSR count). The standard InChI is InChI=1S/C13H14FN3O4/c1-16(7-12(18)15-9-3-4-9)13(19)8-2-5-11(17(20)21)10(14)6-8/h2,5-6,9H,3-4,7H2,1H3,(H,15,18). The zero-order valence-corrected chi connectivity index (χ0v) is 11.3. The molecule has 1 N–H and O–H groups in total. The lowest BCUT2D eigenvalue weighted by Gasteiger charge is -2.16. The molecule has 0 radical (unpaired) electrons. The molecule has 1 fully saturated rings. The molecule has 112 valence electrons. The number of carbonyl (C=O) groups excluding carboxylic acids is 2. The van der Waals surface area contributed by atoms with Crippen molar-refractivity contribution in [2.75, 3.05) is 13.6 Å². The molecule has 8 heteroatoms. The maximum absolute atomic E-state index is 13.5. The maximum atomic E-state index is 13.5. The zero-order chi connectivity index (χ0) is 15.6. The quantitative estimate of drug-likeness (QED) is 0.650. The van der Waals surface area contributed by atoms with E-state index in [9.17, 15) is 24.1 Å². The SMILES string of the molecule is CN(CC(=O)NC1CC1)C(=O)c1ccc([N+](=O)[O-])c(F)c1. The summed E-state index contributed by atoms with van der Waals surface area (Å²) in [6.45, 7) is -0.145. The summed E-state index contributed by atoms with van der Waals surface area (Å²) in [7, 11) is 1.41. The highest BCUT2D eigenvalue weighted by molar-refractivity contribution is 5.96. The van der Waals surface area contributed by atoms with Crippen LogP contribution in [0.15, 0.2) is 18.2 Å². The van der Waals surface area contributed by atoms with Gasteiger partial charge < -0.3 is 10.2 Å². The number of nitro benzene ring substituents is 1. The van der Waals surface area contributed by atoms with E-state index >= 15 is 0 Å². The largest absolute Gasteiger partial charge is 0.352 e. The second-order valence-corrected chi connectivity index (χ2v) is 4.93. The number of nitro groups is 1. The smallest absolute Gasteiger partial charge is 0.304 e. The van der Waals surface area contributed by atoms with E-state index in [4.69, 9.17) is 0 Å². The molecule has 1 aromatic rings. The molecule has 0 unspecified atom stereocenters. The molecular formula is C13H14FN3O4. The van der Waals surface area contributed by atoms with Crippen LogP contribution in [0.3, 0.4) is 0 Å². The maximum Gasteiger partial charge on any atom is 0.304 e. The summed E-state index contributed by atoms with van der Waals surface area (Å²) >= 11 is 0. The fourth-order valence-corrected chi connectivity index (χ4v) is 1.80. The monoisotopic (exact) mass is 295 g/mol. The Morgan fingerprint density at radius 3 is 2.67 bits per heavy atom. The molecule has 0 saturated heterocycles. The molecule has 0 aliphatic heterocycles. The van der Waals surface area contributed by atoms with Crippen LogP contribution in [0.1, 0.15) is 23.2 Å². The molecule has 1 aromatic carbocycles. The van der Waals surface area contributed by atoms with Gasteiger partial charge in [-0.3, -0.25) is 19.7 Å². The molecule has 1 aliphatic rings. The molecule has 1 saturated carbocycles. The van der Waals surface area contributed by atoms with E-state index < -0.39 is 22.3 Å². The van der Waals surface area contributed by atoms with E-state index in [0.717, 1.165) is 29.9 Å². The Bertz CT molecular complexity index is 601. The van der Waals surface area contributed by atoms with Gasteiger partial charge in [0.15, 0.2) is 0 Å². The minimum absolute atomic E-state index is 0.0418. The highest BCUT2D eigenvalue weighted by Crippen LogP contribution is 2.19. The van der Waals surface area contributed by atoms with Gasteiger partial charge in [-0.1, -0.05) is 0 Å². The van der Waals surface area contributed by atoms with Gasteiger partial charge >= 0.3 is 5.69 Å². The van der Waals surface area contributed by atoms with Crippen LogP contribution in [0.2, 0.25) is 0 Å². The molecule has 1 aliphatic carbocycles. The average Bonchev–Trinajstić information content (AvgIpc) is 3.20. The number of hydrogen-bond acceptors (Lipinski definition) is 4. The van der Waals surface area contributed by atoms with Crippen LogP contribution in [0.5, 0.6) is 0 Å². The summed E-state index contributed by atoms with van der Waals surface area (Å²) in [6, 6.07) is 3.09. The molecule has 0 atom stereocenters. The average molecular weight is 295 g/mol. The number of carbonyl (C=O) groups is 2. The second kappa shape index (κ2) is 5.86. The Kier molecular flexibility index (Phi) is 4.15. The van der Waals surface area contributed by atoms with Crippen molar-refractivity contribution in [3.63, 3.8) is 0 Å². The van der Waals surface area contributed by atoms with Gasteiger partial charge in [0.05, 0.1) is 11.5 Å². The first-order chi connectivity index (χ1) is 9.88. The molecule has 21 heavy (non-hydrogen) atoms. The third-order valence-electron chi connectivity index (χ3n) is 3.06. The first kappa shape index (κ1) is 14.9. The molecule has 0 aromatic heterocycles. The van der Waals surface area contributed by atoms with Crippen molar-refractivity contribution in [2.24, 2.45) is 0 Å². The minimum atomic E-state index is -1.08. The number of halogens is 1. The number of likely N-dealkylation sites (N-methyl/N-ethyl adjacent to an activating group) is 1. The van der Waals surface area contributed by atoms with Crippen molar-refractivity contribution in [2.45, 2.75) is 18.9 Å². The van der Waals surface area contributed by atoms with Gasteiger partial charge in [0.25, 0.3) is 5.91 Å². The summed E-state index contributed by atoms with van der Waals surface area (Å²) in [5.74, 6) is -1.94. The third kappa shape index (κ3) is 3.74. The molecule has 0 bridgehead atoms. The van der Waals surface area contributed by atoms with E-state index in [0.29, 0.717) is 0 Å². The lowest BCUT2D eigenvalue weighted by molar-refractivity contribution is -0.387. The van der Waals surface area contributed by atoms with Crippen LogP contribution in [-0.2, 0) is 4.79 Å². The van der Waals surface area contributed by atoms with Crippen molar-refractivity contribution in [1.82, 2.24) is 10.2 Å². The number of rotatable bonds is 5. The fraction of sp³-hybridized carbons (Fsp3) is 0.385. The van der Waals surface area contributed by atoms with Gasteiger partial charge in [-0.2, -0.15) is 4.39 Å². The first-order valence-corrected chi connectivity index (χ1v) is 6.37. The van der Waals surface area contributed by atoms with Crippen LogP contribution in [0.25, 0.3) is 0 Å². The van der Waals surface area contributed by atoms with Crippen molar-refractivity contribution < 1.29 is 18.9 Å². The molecular weight excluding hydrogens is 281 g/mol. The van der Waals surface area contributed by atoms with Crippen LogP contribution >= 0.6 is 0 Å². The van der Waals surface area contributed by atoms with Crippen molar-refractivity contribution in [1.29, 1.82) is 0 Å². The number of nitrogens with one attached hydrogen (secondary N) is 1. The van der Waals surface area contributed by atoms with Gasteiger partial charge in [0, 0.05) is 24.7 Å². The van der Waals surface area contributed by atoms with Gasteiger partial charge in [0.1, 0.15) is 0 Å². The topological polar surface area (TPSA) is 92.6 Å². The van der Waals surface area contributed by atoms with Crippen LogP contribution in [0, 0.1) is 15.9 Å². The van der Waals surface area contributed by atoms with Crippen molar-refractivity contribution >= 4 is 17.5 Å². The van der Waals surface area contributed by atoms with Crippen LogP contribution in [0.4, 0.5) is 10.1 Å². The number of amides is 2. The lowest BCUT2D eigenvalue weighted by atomic mass is 10.1. The van der Waals surface area contributed by atoms with Gasteiger partial charge in [0.2, 0.25) is 11.7 Å². The summed E-state index contributed by atoms with van der Waals surface area (Å²) in [5, 5.41) is 13.2. The van der Waals surface area contributed by atoms with Gasteiger partial charge in [-0.25, -0.2) is 0 Å². The number of benzene rings is 1. The highest BCUT2D eigenvalue weighted by atomic mass is 19.1. The number of nitrogens with zero attached hydrogens (tertiary/aromatic N) is 2. The number of hydrogen-bond donors (Lipinski definition) is 1. The van der Waals surface area contributed by atoms with Crippen molar-refractivity contribution in [3.8, 4) is 0 Å². The third-order valence-corrected chi connectivity index (χ3v) is 3.06. The zero-order valence-electron chi connectivity index (χ0n) is 11.3. The Balaban J connectivity index is 2.02. The predicted octanol–water partition coefficient (Wildman–Crippen LogP) is 1.08. The summed E-state index contributed by atoms with van der Waals surface area (Å²) in [4.78, 5) is 34.4. The normalized spacial score (nSPS) is 13.6. The van der Waals surface area contributed by atoms with Crippen molar-refractivity contribution in [3.05, 3.63) is 39.7 Å². The Morgan fingerprint density at radius 2 is 2.14 bits per heavy atom. The predicted molar refractivity (Wildman–Crippen MR) is 71.2 cm³/mol. The molecule has 0 spiro atoms. The summed E-state index contributed by atoms with van der Waals surface area (Å²) in [5.41, 5.74) is -0.736. The van der Waals surface area contributed by atoms with Crippen LogP contribution in [-0.4, -0.2) is 41.3 Å². The van der Waals surface area contributed by atoms with Gasteiger partial charge in [-0.05, 0) is 25.0 Å². The summed E-state index contributed by atoms with van der Waals surface area (Å²) < 4.78 is 13.5. The highest BCUT2D eigenvalue weighted by Gasteiger charge is 2.25. The first-order valence-electron chi connectivity index (χ1n) is 6.37. The van der Waals surface area contributed by atoms with Crippen LogP contribution < -0.4 is 5.32 Å². The molecule has 0 heterocycles. The van der Waals surface area contributed by atoms with Gasteiger partial charge in [-0.15, -0.1) is 0 Å². The Hall–Kier alpha value is -2.51. The summed E-state index contributed by atoms with van der Waals surface area (Å²) in [6.07, 6.45) is 1.88. The second-order valence-electron chi connectivity index (χ2n) is 4.93. The minimum Gasteiger partial charge on any atom is -0.352 e. The molecule has 2 amide bonds. The van der Waals surface area contributed by atoms with E-state index in [1.165, 1.54) is 13.1 Å². The van der Waals surface area contributed by atoms with E-state index in [1.807, 2.05) is 0 Å². The van der Waals surface area contributed by atoms with E-state index in [1.54, 1.807) is 0 Å². The lowest BCUT2D eigenvalue weighted by Crippen LogP contribution is -2.39. The van der Waals surface area contributed by atoms with E-state index in [2.05, 4.69) is 5.32 Å². The van der Waals surface area contributed by atoms with E-state index in [-0.39, 0.29) is 24.1 Å². The molecule has 7 nitrogen and oxygen atoms in total. The fourth-order valence-electron chi connectivity index (χ4n) is 1.80. The Labute approximate surface area is 119 Å².